The summed E-state index contributed by atoms with van der Waals surface area (Å²) < 4.78 is 12.9. The Morgan fingerprint density at radius 3 is 2.57 bits per heavy atom. The van der Waals surface area contributed by atoms with Crippen molar-refractivity contribution in [3.05, 3.63) is 34.6 Å². The van der Waals surface area contributed by atoms with E-state index in [9.17, 15) is 4.39 Å². The first kappa shape index (κ1) is 11.5. The molecule has 78 valence electrons. The fraction of sp³-hybridized carbons (Fsp3) is 0.455. The summed E-state index contributed by atoms with van der Waals surface area (Å²) in [5.74, 6) is -0.374. The van der Waals surface area contributed by atoms with Crippen molar-refractivity contribution in [2.75, 3.05) is 6.54 Å². The highest BCUT2D eigenvalue weighted by Crippen LogP contribution is 2.23. The van der Waals surface area contributed by atoms with Crippen LogP contribution in [0.1, 0.15) is 19.4 Å². The van der Waals surface area contributed by atoms with Crippen molar-refractivity contribution < 1.29 is 4.39 Å². The number of nitrogens with two attached hydrogens (primary N) is 1. The van der Waals surface area contributed by atoms with Gasteiger partial charge in [0.05, 0.1) is 5.02 Å². The third kappa shape index (κ3) is 2.96. The van der Waals surface area contributed by atoms with Crippen molar-refractivity contribution in [3.8, 4) is 0 Å². The first-order valence-electron chi connectivity index (χ1n) is 4.58. The monoisotopic (exact) mass is 215 g/mol. The van der Waals surface area contributed by atoms with Crippen LogP contribution in [-0.4, -0.2) is 6.54 Å². The van der Waals surface area contributed by atoms with Gasteiger partial charge in [-0.1, -0.05) is 31.5 Å². The number of halogens is 2. The van der Waals surface area contributed by atoms with E-state index in [1.165, 1.54) is 6.07 Å². The molecule has 1 rings (SSSR count). The molecule has 3 heteroatoms. The average molecular weight is 216 g/mol. The molecule has 0 spiro atoms. The van der Waals surface area contributed by atoms with Crippen LogP contribution in [0.5, 0.6) is 0 Å². The van der Waals surface area contributed by atoms with Gasteiger partial charge in [0.25, 0.3) is 0 Å². The number of benzene rings is 1. The SMILES string of the molecule is CC(C)(CN)Cc1ccc(F)c(Cl)c1. The van der Waals surface area contributed by atoms with Gasteiger partial charge in [-0.05, 0) is 36.1 Å². The molecule has 0 unspecified atom stereocenters. The molecule has 0 saturated carbocycles. The molecular formula is C11H15ClFN. The van der Waals surface area contributed by atoms with Crippen molar-refractivity contribution in [3.63, 3.8) is 0 Å². The normalized spacial score (nSPS) is 11.8. The molecular weight excluding hydrogens is 201 g/mol. The van der Waals surface area contributed by atoms with Gasteiger partial charge in [0.2, 0.25) is 0 Å². The van der Waals surface area contributed by atoms with Crippen molar-refractivity contribution >= 4 is 11.6 Å². The molecule has 0 aliphatic heterocycles. The van der Waals surface area contributed by atoms with Crippen molar-refractivity contribution in [2.24, 2.45) is 11.1 Å². The number of hydrogen-bond acceptors (Lipinski definition) is 1. The molecule has 0 radical (unpaired) electrons. The standard InChI is InChI=1S/C11H15ClFN/c1-11(2,7-14)6-8-3-4-10(13)9(12)5-8/h3-5H,6-7,14H2,1-2H3. The van der Waals surface area contributed by atoms with E-state index in [0.29, 0.717) is 6.54 Å². The van der Waals surface area contributed by atoms with E-state index >= 15 is 0 Å². The predicted octanol–water partition coefficient (Wildman–Crippen LogP) is 3.01. The Morgan fingerprint density at radius 2 is 2.07 bits per heavy atom. The summed E-state index contributed by atoms with van der Waals surface area (Å²) in [5.41, 5.74) is 6.66. The van der Waals surface area contributed by atoms with E-state index in [1.54, 1.807) is 12.1 Å². The highest BCUT2D eigenvalue weighted by molar-refractivity contribution is 6.30. The lowest BCUT2D eigenvalue weighted by Gasteiger charge is -2.22. The second-order valence-electron chi connectivity index (χ2n) is 4.29. The van der Waals surface area contributed by atoms with Gasteiger partial charge in [0.1, 0.15) is 5.82 Å². The Hall–Kier alpha value is -0.600. The third-order valence-electron chi connectivity index (χ3n) is 2.22. The molecule has 0 aliphatic carbocycles. The Bertz CT molecular complexity index is 323. The molecule has 0 saturated heterocycles. The van der Waals surface area contributed by atoms with Gasteiger partial charge in [0, 0.05) is 0 Å². The van der Waals surface area contributed by atoms with E-state index in [4.69, 9.17) is 17.3 Å². The van der Waals surface area contributed by atoms with Crippen LogP contribution in [0.15, 0.2) is 18.2 Å². The molecule has 0 atom stereocenters. The van der Waals surface area contributed by atoms with Crippen LogP contribution in [0.2, 0.25) is 5.02 Å². The maximum absolute atomic E-state index is 12.9. The smallest absolute Gasteiger partial charge is 0.141 e. The zero-order valence-corrected chi connectivity index (χ0v) is 9.24. The average Bonchev–Trinajstić information content (AvgIpc) is 2.11. The lowest BCUT2D eigenvalue weighted by Crippen LogP contribution is -2.25. The summed E-state index contributed by atoms with van der Waals surface area (Å²) in [5, 5.41) is 0.176. The van der Waals surface area contributed by atoms with Crippen molar-refractivity contribution in [1.82, 2.24) is 0 Å². The van der Waals surface area contributed by atoms with Gasteiger partial charge >= 0.3 is 0 Å². The zero-order valence-electron chi connectivity index (χ0n) is 8.48. The van der Waals surface area contributed by atoms with Gasteiger partial charge in [-0.2, -0.15) is 0 Å². The van der Waals surface area contributed by atoms with Gasteiger partial charge in [-0.25, -0.2) is 4.39 Å². The maximum atomic E-state index is 12.9. The van der Waals surface area contributed by atoms with E-state index in [0.717, 1.165) is 12.0 Å². The molecule has 0 heterocycles. The van der Waals surface area contributed by atoms with Gasteiger partial charge in [-0.15, -0.1) is 0 Å². The molecule has 0 bridgehead atoms. The van der Waals surface area contributed by atoms with E-state index in [-0.39, 0.29) is 16.3 Å². The topological polar surface area (TPSA) is 26.0 Å². The second kappa shape index (κ2) is 4.28. The lowest BCUT2D eigenvalue weighted by atomic mass is 9.86. The highest BCUT2D eigenvalue weighted by atomic mass is 35.5. The Morgan fingerprint density at radius 1 is 1.43 bits per heavy atom. The fourth-order valence-electron chi connectivity index (χ4n) is 1.27. The van der Waals surface area contributed by atoms with Crippen LogP contribution < -0.4 is 5.73 Å². The minimum absolute atomic E-state index is 0.0289. The molecule has 0 aromatic heterocycles. The van der Waals surface area contributed by atoms with Crippen LogP contribution in [-0.2, 0) is 6.42 Å². The molecule has 0 aliphatic rings. The summed E-state index contributed by atoms with van der Waals surface area (Å²) in [6, 6.07) is 4.80. The van der Waals surface area contributed by atoms with Crippen LogP contribution in [0, 0.1) is 11.2 Å². The first-order valence-corrected chi connectivity index (χ1v) is 4.96. The summed E-state index contributed by atoms with van der Waals surface area (Å²) in [6.07, 6.45) is 0.809. The summed E-state index contributed by atoms with van der Waals surface area (Å²) in [7, 11) is 0. The van der Waals surface area contributed by atoms with Crippen LogP contribution in [0.25, 0.3) is 0 Å². The van der Waals surface area contributed by atoms with E-state index in [2.05, 4.69) is 13.8 Å². The Labute approximate surface area is 89.1 Å². The summed E-state index contributed by atoms with van der Waals surface area (Å²) in [6.45, 7) is 4.75. The van der Waals surface area contributed by atoms with Crippen LogP contribution in [0.3, 0.4) is 0 Å². The number of hydrogen-bond donors (Lipinski definition) is 1. The van der Waals surface area contributed by atoms with Gasteiger partial charge in [0.15, 0.2) is 0 Å². The Kier molecular flexibility index (Phi) is 3.51. The zero-order chi connectivity index (χ0) is 10.8. The van der Waals surface area contributed by atoms with E-state index in [1.807, 2.05) is 0 Å². The summed E-state index contributed by atoms with van der Waals surface area (Å²) >= 11 is 5.68. The third-order valence-corrected chi connectivity index (χ3v) is 2.51. The Balaban J connectivity index is 2.83. The van der Waals surface area contributed by atoms with Crippen molar-refractivity contribution in [2.45, 2.75) is 20.3 Å². The quantitative estimate of drug-likeness (QED) is 0.824. The summed E-state index contributed by atoms with van der Waals surface area (Å²) in [4.78, 5) is 0. The lowest BCUT2D eigenvalue weighted by molar-refractivity contribution is 0.376. The minimum Gasteiger partial charge on any atom is -0.330 e. The fourth-order valence-corrected chi connectivity index (χ4v) is 1.48. The van der Waals surface area contributed by atoms with Gasteiger partial charge < -0.3 is 5.73 Å². The minimum atomic E-state index is -0.374. The first-order chi connectivity index (χ1) is 6.44. The van der Waals surface area contributed by atoms with Crippen LogP contribution >= 0.6 is 11.6 Å². The molecule has 0 fully saturated rings. The molecule has 0 amide bonds. The molecule has 1 nitrogen and oxygen atoms in total. The molecule has 1 aromatic rings. The van der Waals surface area contributed by atoms with Crippen molar-refractivity contribution in [1.29, 1.82) is 0 Å². The molecule has 2 N–H and O–H groups in total. The number of rotatable bonds is 3. The van der Waals surface area contributed by atoms with E-state index < -0.39 is 0 Å². The molecule has 14 heavy (non-hydrogen) atoms. The highest BCUT2D eigenvalue weighted by Gasteiger charge is 2.16. The predicted molar refractivity (Wildman–Crippen MR) is 57.9 cm³/mol. The molecule has 1 aromatic carbocycles. The maximum Gasteiger partial charge on any atom is 0.141 e. The van der Waals surface area contributed by atoms with Crippen LogP contribution in [0.4, 0.5) is 4.39 Å². The largest absolute Gasteiger partial charge is 0.330 e. The second-order valence-corrected chi connectivity index (χ2v) is 4.70. The van der Waals surface area contributed by atoms with Gasteiger partial charge in [-0.3, -0.25) is 0 Å².